The first-order valence-electron chi connectivity index (χ1n) is 7.89. The predicted octanol–water partition coefficient (Wildman–Crippen LogP) is 3.68. The number of carbonyl (C=O) groups is 1. The Morgan fingerprint density at radius 2 is 1.62 bits per heavy atom. The van der Waals surface area contributed by atoms with Gasteiger partial charge in [0, 0.05) is 5.56 Å². The molecule has 0 fully saturated rings. The van der Waals surface area contributed by atoms with Gasteiger partial charge in [0.2, 0.25) is 0 Å². The lowest BCUT2D eigenvalue weighted by Gasteiger charge is -2.32. The van der Waals surface area contributed by atoms with E-state index >= 15 is 0 Å². The number of hydrazine groups is 2. The van der Waals surface area contributed by atoms with Crippen molar-refractivity contribution in [2.45, 2.75) is 13.2 Å². The standard InChI is InChI=1S/C18H16F3N3O2/c1-2-26-17(25)16-15(13-9-5-3-6-10-13)22-24(23(16)18(19,20)21)14-11-7-4-8-12-14/h3-12,22H,2H2,1H3. The Labute approximate surface area is 148 Å². The number of para-hydroxylation sites is 1. The summed E-state index contributed by atoms with van der Waals surface area (Å²) in [6, 6.07) is 16.2. The molecule has 5 nitrogen and oxygen atoms in total. The Morgan fingerprint density at radius 3 is 2.15 bits per heavy atom. The highest BCUT2D eigenvalue weighted by Gasteiger charge is 2.51. The molecule has 0 unspecified atom stereocenters. The number of hydrogen-bond donors (Lipinski definition) is 1. The van der Waals surface area contributed by atoms with Crippen LogP contribution in [0.2, 0.25) is 0 Å². The monoisotopic (exact) mass is 363 g/mol. The van der Waals surface area contributed by atoms with Crippen molar-refractivity contribution in [2.75, 3.05) is 11.7 Å². The lowest BCUT2D eigenvalue weighted by molar-refractivity contribution is -0.236. The van der Waals surface area contributed by atoms with E-state index in [0.29, 0.717) is 5.56 Å². The maximum absolute atomic E-state index is 13.8. The van der Waals surface area contributed by atoms with Gasteiger partial charge in [0.1, 0.15) is 0 Å². The molecular formula is C18H16F3N3O2. The molecule has 1 aliphatic rings. The molecule has 0 spiro atoms. The molecule has 3 rings (SSSR count). The highest BCUT2D eigenvalue weighted by molar-refractivity contribution is 5.98. The molecular weight excluding hydrogens is 347 g/mol. The average Bonchev–Trinajstić information content (AvgIpc) is 3.04. The van der Waals surface area contributed by atoms with Crippen LogP contribution in [0.3, 0.4) is 0 Å². The topological polar surface area (TPSA) is 44.8 Å². The highest BCUT2D eigenvalue weighted by Crippen LogP contribution is 2.38. The second-order valence-corrected chi connectivity index (χ2v) is 5.35. The van der Waals surface area contributed by atoms with Crippen molar-refractivity contribution in [1.82, 2.24) is 10.4 Å². The van der Waals surface area contributed by atoms with Crippen molar-refractivity contribution in [1.29, 1.82) is 0 Å². The second kappa shape index (κ2) is 6.99. The molecule has 1 heterocycles. The molecule has 0 amide bonds. The zero-order valence-corrected chi connectivity index (χ0v) is 13.8. The maximum Gasteiger partial charge on any atom is 0.505 e. The number of nitrogens with zero attached hydrogens (tertiary/aromatic N) is 2. The third-order valence-electron chi connectivity index (χ3n) is 3.64. The Hall–Kier alpha value is -3.16. The van der Waals surface area contributed by atoms with Crippen LogP contribution in [-0.2, 0) is 9.53 Å². The van der Waals surface area contributed by atoms with E-state index < -0.39 is 18.0 Å². The molecule has 0 atom stereocenters. The summed E-state index contributed by atoms with van der Waals surface area (Å²) in [5, 5.41) is 0.747. The van der Waals surface area contributed by atoms with E-state index in [9.17, 15) is 18.0 Å². The number of halogens is 3. The van der Waals surface area contributed by atoms with E-state index in [1.54, 1.807) is 48.5 Å². The Kier molecular flexibility index (Phi) is 4.75. The Bertz CT molecular complexity index is 807. The predicted molar refractivity (Wildman–Crippen MR) is 89.9 cm³/mol. The third-order valence-corrected chi connectivity index (χ3v) is 3.64. The highest BCUT2D eigenvalue weighted by atomic mass is 19.4. The van der Waals surface area contributed by atoms with E-state index in [2.05, 4.69) is 5.43 Å². The Morgan fingerprint density at radius 1 is 1.04 bits per heavy atom. The summed E-state index contributed by atoms with van der Waals surface area (Å²) in [5.74, 6) is -1.06. The minimum atomic E-state index is -4.85. The molecule has 136 valence electrons. The number of hydrogen-bond acceptors (Lipinski definition) is 5. The quantitative estimate of drug-likeness (QED) is 0.663. The van der Waals surface area contributed by atoms with Crippen LogP contribution in [-0.4, -0.2) is 23.9 Å². The minimum absolute atomic E-state index is 0.0187. The van der Waals surface area contributed by atoms with Gasteiger partial charge in [0.25, 0.3) is 0 Å². The van der Waals surface area contributed by atoms with Crippen molar-refractivity contribution in [3.8, 4) is 0 Å². The van der Waals surface area contributed by atoms with E-state index in [1.165, 1.54) is 19.1 Å². The summed E-state index contributed by atoms with van der Waals surface area (Å²) < 4.78 is 46.4. The molecule has 2 aromatic carbocycles. The maximum atomic E-state index is 13.8. The van der Waals surface area contributed by atoms with E-state index in [1.807, 2.05) is 0 Å². The van der Waals surface area contributed by atoms with Gasteiger partial charge in [-0.1, -0.05) is 48.5 Å². The fourth-order valence-corrected chi connectivity index (χ4v) is 2.60. The minimum Gasteiger partial charge on any atom is -0.461 e. The molecule has 1 N–H and O–H groups in total. The first kappa shape index (κ1) is 17.7. The largest absolute Gasteiger partial charge is 0.505 e. The molecule has 26 heavy (non-hydrogen) atoms. The molecule has 0 saturated heterocycles. The zero-order valence-electron chi connectivity index (χ0n) is 13.8. The number of benzene rings is 2. The summed E-state index contributed by atoms with van der Waals surface area (Å²) in [6.45, 7) is 1.50. The smallest absolute Gasteiger partial charge is 0.461 e. The molecule has 0 aliphatic carbocycles. The first-order valence-corrected chi connectivity index (χ1v) is 7.89. The van der Waals surface area contributed by atoms with Crippen LogP contribution in [0.5, 0.6) is 0 Å². The van der Waals surface area contributed by atoms with Crippen molar-refractivity contribution < 1.29 is 22.7 Å². The fourth-order valence-electron chi connectivity index (χ4n) is 2.60. The van der Waals surface area contributed by atoms with E-state index in [4.69, 9.17) is 4.74 Å². The van der Waals surface area contributed by atoms with Gasteiger partial charge in [0.15, 0.2) is 5.70 Å². The van der Waals surface area contributed by atoms with Crippen molar-refractivity contribution in [3.63, 3.8) is 0 Å². The molecule has 8 heteroatoms. The molecule has 0 aromatic heterocycles. The van der Waals surface area contributed by atoms with Gasteiger partial charge in [-0.3, -0.25) is 5.43 Å². The average molecular weight is 363 g/mol. The van der Waals surface area contributed by atoms with E-state index in [-0.39, 0.29) is 23.0 Å². The molecule has 2 aromatic rings. The van der Waals surface area contributed by atoms with Crippen LogP contribution in [0, 0.1) is 0 Å². The van der Waals surface area contributed by atoms with Crippen molar-refractivity contribution >= 4 is 17.4 Å². The molecule has 1 aliphatic heterocycles. The number of anilines is 1. The molecule has 0 radical (unpaired) electrons. The van der Waals surface area contributed by atoms with Gasteiger partial charge in [-0.15, -0.1) is 13.2 Å². The van der Waals surface area contributed by atoms with Gasteiger partial charge >= 0.3 is 12.3 Å². The SMILES string of the molecule is CCOC(=O)C1=C(c2ccccc2)NN(c2ccccc2)N1C(F)(F)F. The van der Waals surface area contributed by atoms with Gasteiger partial charge in [-0.05, 0) is 19.1 Å². The van der Waals surface area contributed by atoms with Gasteiger partial charge in [-0.25, -0.2) is 4.79 Å². The van der Waals surface area contributed by atoms with Gasteiger partial charge in [-0.2, -0.15) is 10.1 Å². The number of rotatable bonds is 4. The van der Waals surface area contributed by atoms with Gasteiger partial charge in [0.05, 0.1) is 18.0 Å². The Balaban J connectivity index is 2.16. The number of esters is 1. The van der Waals surface area contributed by atoms with Crippen molar-refractivity contribution in [3.05, 3.63) is 71.9 Å². The second-order valence-electron chi connectivity index (χ2n) is 5.35. The number of ether oxygens (including phenoxy) is 1. The fraction of sp³-hybridized carbons (Fsp3) is 0.167. The summed E-state index contributed by atoms with van der Waals surface area (Å²) in [6.07, 6.45) is -4.85. The normalized spacial score (nSPS) is 14.5. The molecule has 0 saturated carbocycles. The summed E-state index contributed by atoms with van der Waals surface area (Å²) >= 11 is 0. The summed E-state index contributed by atoms with van der Waals surface area (Å²) in [5.41, 5.74) is 2.74. The first-order chi connectivity index (χ1) is 12.4. The van der Waals surface area contributed by atoms with Crippen LogP contribution in [0.1, 0.15) is 12.5 Å². The lowest BCUT2D eigenvalue weighted by atomic mass is 10.1. The van der Waals surface area contributed by atoms with Crippen LogP contribution in [0.4, 0.5) is 18.9 Å². The lowest BCUT2D eigenvalue weighted by Crippen LogP contribution is -2.52. The molecule has 0 bridgehead atoms. The van der Waals surface area contributed by atoms with Crippen molar-refractivity contribution in [2.24, 2.45) is 0 Å². The third kappa shape index (κ3) is 3.30. The van der Waals surface area contributed by atoms with Crippen LogP contribution >= 0.6 is 0 Å². The number of nitrogens with one attached hydrogen (secondary N) is 1. The van der Waals surface area contributed by atoms with Crippen LogP contribution in [0.25, 0.3) is 5.70 Å². The summed E-state index contributed by atoms with van der Waals surface area (Å²) in [7, 11) is 0. The summed E-state index contributed by atoms with van der Waals surface area (Å²) in [4.78, 5) is 12.4. The number of alkyl halides is 3. The van der Waals surface area contributed by atoms with Gasteiger partial charge < -0.3 is 4.74 Å². The van der Waals surface area contributed by atoms with Crippen LogP contribution in [0.15, 0.2) is 66.4 Å². The number of carbonyl (C=O) groups excluding carboxylic acids is 1. The van der Waals surface area contributed by atoms with Crippen LogP contribution < -0.4 is 10.5 Å². The zero-order chi connectivity index (χ0) is 18.7. The van der Waals surface area contributed by atoms with E-state index in [0.717, 1.165) is 5.12 Å².